The monoisotopic (exact) mass is 289 g/mol. The molecule has 1 aromatic carbocycles. The maximum absolute atomic E-state index is 12.2. The molecule has 0 N–H and O–H groups in total. The van der Waals surface area contributed by atoms with Gasteiger partial charge in [0, 0.05) is 18.1 Å². The lowest BCUT2D eigenvalue weighted by Crippen LogP contribution is -2.21. The molecule has 0 amide bonds. The van der Waals surface area contributed by atoms with Crippen LogP contribution in [0.1, 0.15) is 18.1 Å². The lowest BCUT2D eigenvalue weighted by molar-refractivity contribution is 0.547. The van der Waals surface area contributed by atoms with E-state index in [0.717, 1.165) is 27.0 Å². The Kier molecular flexibility index (Phi) is 4.49. The zero-order chi connectivity index (χ0) is 11.6. The Bertz CT molecular complexity index is 369. The molecule has 15 heavy (non-hydrogen) atoms. The van der Waals surface area contributed by atoms with E-state index in [1.54, 1.807) is 0 Å². The van der Waals surface area contributed by atoms with Crippen LogP contribution in [0.3, 0.4) is 0 Å². The Hall–Kier alpha value is -0.190. The molecule has 0 aliphatic heterocycles. The summed E-state index contributed by atoms with van der Waals surface area (Å²) in [6, 6.07) is 4.01. The van der Waals surface area contributed by atoms with Crippen LogP contribution < -0.4 is 0 Å². The average molecular weight is 290 g/mol. The molecule has 84 valence electrons. The van der Waals surface area contributed by atoms with E-state index >= 15 is 0 Å². The minimum absolute atomic E-state index is 0.779. The highest BCUT2D eigenvalue weighted by molar-refractivity contribution is 9.10. The van der Waals surface area contributed by atoms with E-state index < -0.39 is 11.0 Å². The van der Waals surface area contributed by atoms with E-state index in [1.807, 2.05) is 44.3 Å². The molecule has 0 saturated carbocycles. The zero-order valence-electron chi connectivity index (χ0n) is 9.50. The number of aryl methyl sites for hydroxylation is 2. The molecule has 2 nitrogen and oxygen atoms in total. The molecule has 1 aromatic rings. The summed E-state index contributed by atoms with van der Waals surface area (Å²) in [5, 5.41) is 0. The van der Waals surface area contributed by atoms with Crippen LogP contribution in [0.25, 0.3) is 0 Å². The van der Waals surface area contributed by atoms with E-state index in [-0.39, 0.29) is 0 Å². The highest BCUT2D eigenvalue weighted by Crippen LogP contribution is 2.24. The van der Waals surface area contributed by atoms with Crippen LogP contribution in [0.15, 0.2) is 21.5 Å². The Morgan fingerprint density at radius 3 is 2.20 bits per heavy atom. The number of benzene rings is 1. The second-order valence-corrected chi connectivity index (χ2v) is 6.01. The maximum Gasteiger partial charge on any atom is 0.127 e. The van der Waals surface area contributed by atoms with Crippen LogP contribution in [0.5, 0.6) is 0 Å². The van der Waals surface area contributed by atoms with Crippen molar-refractivity contribution in [1.29, 1.82) is 0 Å². The lowest BCUT2D eigenvalue weighted by atomic mass is 10.2. The van der Waals surface area contributed by atoms with E-state index in [9.17, 15) is 4.21 Å². The summed E-state index contributed by atoms with van der Waals surface area (Å²) < 4.78 is 15.0. The molecule has 0 radical (unpaired) electrons. The predicted octanol–water partition coefficient (Wildman–Crippen LogP) is 3.04. The molecule has 0 heterocycles. The van der Waals surface area contributed by atoms with Crippen LogP contribution in [0.2, 0.25) is 0 Å². The molecular formula is C11H16BrNOS. The molecule has 0 aliphatic rings. The van der Waals surface area contributed by atoms with Crippen LogP contribution >= 0.6 is 15.9 Å². The molecule has 0 spiro atoms. The summed E-state index contributed by atoms with van der Waals surface area (Å²) in [4.78, 5) is 0.933. The van der Waals surface area contributed by atoms with Crippen LogP contribution in [-0.2, 0) is 11.0 Å². The van der Waals surface area contributed by atoms with Gasteiger partial charge in [0.2, 0.25) is 0 Å². The van der Waals surface area contributed by atoms with E-state index in [1.165, 1.54) is 0 Å². The summed E-state index contributed by atoms with van der Waals surface area (Å²) in [7, 11) is 0.825. The number of rotatable bonds is 3. The molecule has 1 rings (SSSR count). The number of hydrogen-bond donors (Lipinski definition) is 0. The van der Waals surface area contributed by atoms with Gasteiger partial charge in [-0.3, -0.25) is 0 Å². The largest absolute Gasteiger partial charge is 0.237 e. The standard InChI is InChI=1S/C11H16BrNOS/c1-5-13(4)15(14)11-8(2)6-10(12)7-9(11)3/h6-7H,5H2,1-4H3. The van der Waals surface area contributed by atoms with Gasteiger partial charge in [-0.2, -0.15) is 0 Å². The van der Waals surface area contributed by atoms with Gasteiger partial charge in [0.25, 0.3) is 0 Å². The summed E-state index contributed by atoms with van der Waals surface area (Å²) in [5.41, 5.74) is 2.14. The van der Waals surface area contributed by atoms with Gasteiger partial charge in [0.15, 0.2) is 0 Å². The van der Waals surface area contributed by atoms with Crippen molar-refractivity contribution in [2.45, 2.75) is 25.7 Å². The van der Waals surface area contributed by atoms with Crippen LogP contribution in [0.4, 0.5) is 0 Å². The first kappa shape index (κ1) is 12.9. The number of halogens is 1. The molecule has 0 aliphatic carbocycles. The first-order valence-corrected chi connectivity index (χ1v) is 6.77. The van der Waals surface area contributed by atoms with Gasteiger partial charge in [0.05, 0.1) is 4.90 Å². The molecule has 0 fully saturated rings. The Morgan fingerprint density at radius 1 is 1.33 bits per heavy atom. The topological polar surface area (TPSA) is 20.3 Å². The zero-order valence-corrected chi connectivity index (χ0v) is 11.9. The van der Waals surface area contributed by atoms with E-state index in [2.05, 4.69) is 15.9 Å². The van der Waals surface area contributed by atoms with Gasteiger partial charge in [-0.15, -0.1) is 0 Å². The van der Waals surface area contributed by atoms with E-state index in [0.29, 0.717) is 0 Å². The number of nitrogens with zero attached hydrogens (tertiary/aromatic N) is 1. The minimum atomic E-state index is -1.05. The van der Waals surface area contributed by atoms with Crippen molar-refractivity contribution in [2.75, 3.05) is 13.6 Å². The third kappa shape index (κ3) is 2.89. The Balaban J connectivity index is 3.20. The fourth-order valence-corrected chi connectivity index (χ4v) is 3.35. The van der Waals surface area contributed by atoms with Gasteiger partial charge in [-0.05, 0) is 37.1 Å². The third-order valence-electron chi connectivity index (χ3n) is 2.33. The summed E-state index contributed by atoms with van der Waals surface area (Å²) in [5.74, 6) is 0. The second kappa shape index (κ2) is 5.23. The predicted molar refractivity (Wildman–Crippen MR) is 68.3 cm³/mol. The summed E-state index contributed by atoms with van der Waals surface area (Å²) in [6.07, 6.45) is 0. The van der Waals surface area contributed by atoms with Crippen molar-refractivity contribution in [3.8, 4) is 0 Å². The second-order valence-electron chi connectivity index (χ2n) is 3.56. The van der Waals surface area contributed by atoms with Gasteiger partial charge in [-0.1, -0.05) is 22.9 Å². The third-order valence-corrected chi connectivity index (χ3v) is 4.60. The fraction of sp³-hybridized carbons (Fsp3) is 0.455. The summed E-state index contributed by atoms with van der Waals surface area (Å²) >= 11 is 3.44. The fourth-order valence-electron chi connectivity index (χ4n) is 1.45. The number of hydrogen-bond acceptors (Lipinski definition) is 1. The maximum atomic E-state index is 12.2. The van der Waals surface area contributed by atoms with Gasteiger partial charge in [-0.25, -0.2) is 8.51 Å². The quantitative estimate of drug-likeness (QED) is 0.838. The van der Waals surface area contributed by atoms with Crippen molar-refractivity contribution in [1.82, 2.24) is 4.31 Å². The first-order valence-electron chi connectivity index (χ1n) is 4.87. The van der Waals surface area contributed by atoms with Crippen molar-refractivity contribution >= 4 is 26.9 Å². The molecule has 0 saturated heterocycles. The van der Waals surface area contributed by atoms with Crippen LogP contribution in [-0.4, -0.2) is 22.1 Å². The molecule has 0 aromatic heterocycles. The molecule has 4 heteroatoms. The molecular weight excluding hydrogens is 274 g/mol. The Labute approximate surface area is 102 Å². The normalized spacial score (nSPS) is 13.2. The molecule has 0 bridgehead atoms. The Morgan fingerprint density at radius 2 is 1.80 bits per heavy atom. The van der Waals surface area contributed by atoms with Gasteiger partial charge in [0.1, 0.15) is 11.0 Å². The minimum Gasteiger partial charge on any atom is -0.237 e. The smallest absolute Gasteiger partial charge is 0.127 e. The molecule has 1 atom stereocenters. The first-order chi connectivity index (χ1) is 6.97. The van der Waals surface area contributed by atoms with E-state index in [4.69, 9.17) is 0 Å². The highest BCUT2D eigenvalue weighted by atomic mass is 79.9. The molecule has 1 unspecified atom stereocenters. The SMILES string of the molecule is CCN(C)S(=O)c1c(C)cc(Br)cc1C. The summed E-state index contributed by atoms with van der Waals surface area (Å²) in [6.45, 7) is 6.77. The van der Waals surface area contributed by atoms with Gasteiger partial charge < -0.3 is 0 Å². The van der Waals surface area contributed by atoms with Crippen molar-refractivity contribution in [3.63, 3.8) is 0 Å². The highest BCUT2D eigenvalue weighted by Gasteiger charge is 2.14. The average Bonchev–Trinajstić information content (AvgIpc) is 2.14. The van der Waals surface area contributed by atoms with Crippen LogP contribution in [0, 0.1) is 13.8 Å². The lowest BCUT2D eigenvalue weighted by Gasteiger charge is -2.17. The van der Waals surface area contributed by atoms with Crippen molar-refractivity contribution in [2.24, 2.45) is 0 Å². The van der Waals surface area contributed by atoms with Crippen molar-refractivity contribution < 1.29 is 4.21 Å². The van der Waals surface area contributed by atoms with Crippen molar-refractivity contribution in [3.05, 3.63) is 27.7 Å². The van der Waals surface area contributed by atoms with Gasteiger partial charge >= 0.3 is 0 Å².